The molecule has 1 heterocycles. The van der Waals surface area contributed by atoms with Crippen LogP contribution in [0.5, 0.6) is 5.75 Å². The van der Waals surface area contributed by atoms with E-state index in [1.807, 2.05) is 30.3 Å². The van der Waals surface area contributed by atoms with Gasteiger partial charge in [0.2, 0.25) is 0 Å². The largest absolute Gasteiger partial charge is 0.497 e. The Morgan fingerprint density at radius 2 is 1.93 bits per heavy atom. The molecule has 0 saturated carbocycles. The van der Waals surface area contributed by atoms with Crippen LogP contribution >= 0.6 is 15.9 Å². The summed E-state index contributed by atoms with van der Waals surface area (Å²) in [6, 6.07) is 14.3. The van der Waals surface area contributed by atoms with Crippen LogP contribution in [0.4, 0.5) is 0 Å². The predicted octanol–water partition coefficient (Wildman–Crippen LogP) is 2.93. The smallest absolute Gasteiger partial charge is 0.270 e. The van der Waals surface area contributed by atoms with Crippen molar-refractivity contribution in [2.45, 2.75) is 6.54 Å². The van der Waals surface area contributed by atoms with Crippen molar-refractivity contribution < 1.29 is 14.6 Å². The topological polar surface area (TPSA) is 82.6 Å². The number of hydrogen-bond acceptors (Lipinski definition) is 4. The molecule has 0 aliphatic heterocycles. The lowest BCUT2D eigenvalue weighted by atomic mass is 10.1. The van der Waals surface area contributed by atoms with Crippen LogP contribution in [0.25, 0.3) is 10.8 Å². The van der Waals surface area contributed by atoms with Gasteiger partial charge in [-0.15, -0.1) is 0 Å². The van der Waals surface area contributed by atoms with Crippen LogP contribution < -0.4 is 10.3 Å². The second kappa shape index (κ2) is 8.37. The van der Waals surface area contributed by atoms with Gasteiger partial charge in [0, 0.05) is 22.9 Å². The van der Waals surface area contributed by atoms with Crippen molar-refractivity contribution in [3.63, 3.8) is 0 Å². The highest BCUT2D eigenvalue weighted by Crippen LogP contribution is 2.19. The quantitative estimate of drug-likeness (QED) is 0.629. The number of nitrogens with one attached hydrogen (secondary N) is 1. The number of carbonyl (C=O) groups is 1. The normalized spacial score (nSPS) is 10.8. The van der Waals surface area contributed by atoms with Gasteiger partial charge in [0.25, 0.3) is 11.5 Å². The predicted molar refractivity (Wildman–Crippen MR) is 107 cm³/mol. The van der Waals surface area contributed by atoms with Crippen LogP contribution in [-0.2, 0) is 6.54 Å². The van der Waals surface area contributed by atoms with Gasteiger partial charge in [-0.05, 0) is 41.3 Å². The van der Waals surface area contributed by atoms with Gasteiger partial charge in [-0.2, -0.15) is 0 Å². The molecule has 7 heteroatoms. The van der Waals surface area contributed by atoms with Crippen LogP contribution in [-0.4, -0.2) is 41.2 Å². The zero-order valence-electron chi connectivity index (χ0n) is 14.7. The first-order valence-corrected chi connectivity index (χ1v) is 9.17. The highest BCUT2D eigenvalue weighted by Gasteiger charge is 2.18. The third kappa shape index (κ3) is 4.37. The SMILES string of the molecule is COc1ccc(CN(CCO)C(=O)c2cc3ccc(Br)cc3c(=O)[nH]2)cc1. The number of pyridine rings is 1. The van der Waals surface area contributed by atoms with E-state index in [9.17, 15) is 14.7 Å². The van der Waals surface area contributed by atoms with E-state index in [1.54, 1.807) is 25.3 Å². The fourth-order valence-corrected chi connectivity index (χ4v) is 3.20. The molecule has 0 aliphatic rings. The molecule has 3 rings (SSSR count). The van der Waals surface area contributed by atoms with Crippen LogP contribution in [0.2, 0.25) is 0 Å². The Hall–Kier alpha value is -2.64. The first-order chi connectivity index (χ1) is 13.0. The molecule has 2 N–H and O–H groups in total. The van der Waals surface area contributed by atoms with Crippen LogP contribution in [0, 0.1) is 0 Å². The molecule has 0 bridgehead atoms. The molecule has 2 aromatic carbocycles. The highest BCUT2D eigenvalue weighted by atomic mass is 79.9. The third-order valence-corrected chi connectivity index (χ3v) is 4.72. The summed E-state index contributed by atoms with van der Waals surface area (Å²) >= 11 is 3.34. The van der Waals surface area contributed by atoms with Crippen LogP contribution in [0.3, 0.4) is 0 Å². The fourth-order valence-electron chi connectivity index (χ4n) is 2.84. The Morgan fingerprint density at radius 1 is 1.19 bits per heavy atom. The first kappa shape index (κ1) is 19.1. The summed E-state index contributed by atoms with van der Waals surface area (Å²) in [6.45, 7) is 0.293. The molecular weight excluding hydrogens is 412 g/mol. The fraction of sp³-hybridized carbons (Fsp3) is 0.200. The minimum atomic E-state index is -0.346. The number of aliphatic hydroxyl groups excluding tert-OH is 1. The van der Waals surface area contributed by atoms with Gasteiger partial charge >= 0.3 is 0 Å². The second-order valence-corrected chi connectivity index (χ2v) is 6.96. The molecule has 0 radical (unpaired) electrons. The van der Waals surface area contributed by atoms with Crippen LogP contribution in [0.15, 0.2) is 57.8 Å². The van der Waals surface area contributed by atoms with Gasteiger partial charge in [-0.1, -0.05) is 34.1 Å². The Bertz CT molecular complexity index is 1010. The van der Waals surface area contributed by atoms with E-state index in [1.165, 1.54) is 4.90 Å². The number of rotatable bonds is 6. The standard InChI is InChI=1S/C20H19BrN2O4/c1-27-16-6-2-13(3-7-16)12-23(8-9-24)20(26)18-10-14-4-5-15(21)11-17(14)19(25)22-18/h2-7,10-11,24H,8-9,12H2,1H3,(H,22,25). The number of fused-ring (bicyclic) bond motifs is 1. The molecule has 0 saturated heterocycles. The molecule has 1 amide bonds. The van der Waals surface area contributed by atoms with Crippen molar-refractivity contribution in [1.82, 2.24) is 9.88 Å². The molecule has 0 spiro atoms. The minimum Gasteiger partial charge on any atom is -0.497 e. The van der Waals surface area contributed by atoms with Gasteiger partial charge in [-0.25, -0.2) is 0 Å². The van der Waals surface area contributed by atoms with E-state index in [0.29, 0.717) is 17.3 Å². The number of amides is 1. The maximum Gasteiger partial charge on any atom is 0.270 e. The van der Waals surface area contributed by atoms with Crippen molar-refractivity contribution in [2.75, 3.05) is 20.3 Å². The number of methoxy groups -OCH3 is 1. The van der Waals surface area contributed by atoms with Crippen molar-refractivity contribution in [1.29, 1.82) is 0 Å². The van der Waals surface area contributed by atoms with E-state index in [4.69, 9.17) is 4.74 Å². The lowest BCUT2D eigenvalue weighted by Crippen LogP contribution is -2.34. The molecule has 0 unspecified atom stereocenters. The van der Waals surface area contributed by atoms with Gasteiger partial charge < -0.3 is 19.7 Å². The van der Waals surface area contributed by atoms with Crippen molar-refractivity contribution >= 4 is 32.6 Å². The lowest BCUT2D eigenvalue weighted by Gasteiger charge is -2.22. The second-order valence-electron chi connectivity index (χ2n) is 6.04. The molecule has 140 valence electrons. The number of hydrogen-bond donors (Lipinski definition) is 2. The molecule has 27 heavy (non-hydrogen) atoms. The highest BCUT2D eigenvalue weighted by molar-refractivity contribution is 9.10. The van der Waals surface area contributed by atoms with Crippen molar-refractivity contribution in [3.8, 4) is 5.75 Å². The Labute approximate surface area is 164 Å². The summed E-state index contributed by atoms with van der Waals surface area (Å²) < 4.78 is 5.93. The van der Waals surface area contributed by atoms with E-state index in [2.05, 4.69) is 20.9 Å². The zero-order valence-corrected chi connectivity index (χ0v) is 16.3. The van der Waals surface area contributed by atoms with Crippen molar-refractivity contribution in [3.05, 3.63) is 74.6 Å². The summed E-state index contributed by atoms with van der Waals surface area (Å²) in [5, 5.41) is 10.5. The summed E-state index contributed by atoms with van der Waals surface area (Å²) in [5.74, 6) is 0.380. The van der Waals surface area contributed by atoms with Crippen LogP contribution in [0.1, 0.15) is 16.1 Å². The molecule has 1 aromatic heterocycles. The number of nitrogens with zero attached hydrogens (tertiary/aromatic N) is 1. The van der Waals surface area contributed by atoms with Gasteiger partial charge in [-0.3, -0.25) is 9.59 Å². The summed E-state index contributed by atoms with van der Waals surface area (Å²) in [6.07, 6.45) is 0. The average molecular weight is 431 g/mol. The average Bonchev–Trinajstić information content (AvgIpc) is 2.68. The summed E-state index contributed by atoms with van der Waals surface area (Å²) in [7, 11) is 1.59. The number of H-pyrrole nitrogens is 1. The molecule has 0 aliphatic carbocycles. The Kier molecular flexibility index (Phi) is 5.93. The number of aromatic nitrogens is 1. The summed E-state index contributed by atoms with van der Waals surface area (Å²) in [5.41, 5.74) is 0.756. The van der Waals surface area contributed by atoms with Gasteiger partial charge in [0.15, 0.2) is 0 Å². The van der Waals surface area contributed by atoms with E-state index < -0.39 is 0 Å². The number of benzene rings is 2. The lowest BCUT2D eigenvalue weighted by molar-refractivity contribution is 0.0702. The summed E-state index contributed by atoms with van der Waals surface area (Å²) in [4.78, 5) is 29.4. The van der Waals surface area contributed by atoms with E-state index >= 15 is 0 Å². The zero-order chi connectivity index (χ0) is 19.4. The monoisotopic (exact) mass is 430 g/mol. The van der Waals surface area contributed by atoms with Gasteiger partial charge in [0.05, 0.1) is 13.7 Å². The Morgan fingerprint density at radius 3 is 2.59 bits per heavy atom. The number of halogens is 1. The molecule has 0 fully saturated rings. The maximum absolute atomic E-state index is 12.9. The number of carbonyl (C=O) groups excluding carboxylic acids is 1. The minimum absolute atomic E-state index is 0.158. The van der Waals surface area contributed by atoms with E-state index in [-0.39, 0.29) is 30.3 Å². The molecule has 0 atom stereocenters. The third-order valence-electron chi connectivity index (χ3n) is 4.23. The number of ether oxygens (including phenoxy) is 1. The van der Waals surface area contributed by atoms with Crippen molar-refractivity contribution in [2.24, 2.45) is 0 Å². The molecule has 3 aromatic rings. The number of aromatic amines is 1. The van der Waals surface area contributed by atoms with Gasteiger partial charge in [0.1, 0.15) is 11.4 Å². The molecular formula is C20H19BrN2O4. The first-order valence-electron chi connectivity index (χ1n) is 8.37. The maximum atomic E-state index is 12.9. The number of aliphatic hydroxyl groups is 1. The molecule has 6 nitrogen and oxygen atoms in total. The van der Waals surface area contributed by atoms with E-state index in [0.717, 1.165) is 15.8 Å². The Balaban J connectivity index is 1.91.